The summed E-state index contributed by atoms with van der Waals surface area (Å²) in [5.74, 6) is 0. The summed E-state index contributed by atoms with van der Waals surface area (Å²) in [6, 6.07) is 32.1. The van der Waals surface area contributed by atoms with Crippen molar-refractivity contribution in [2.24, 2.45) is 0 Å². The Morgan fingerprint density at radius 2 is 0.783 bits per heavy atom. The topological polar surface area (TPSA) is 0 Å². The first-order valence-electron chi connectivity index (χ1n) is 7.97. The van der Waals surface area contributed by atoms with Crippen molar-refractivity contribution in [3.63, 3.8) is 0 Å². The minimum Gasteiger partial charge on any atom is -0.0622 e. The Morgan fingerprint density at radius 1 is 0.391 bits per heavy atom. The van der Waals surface area contributed by atoms with Crippen LogP contribution in [0.4, 0.5) is 0 Å². The summed E-state index contributed by atoms with van der Waals surface area (Å²) in [6.07, 6.45) is 0. The zero-order valence-corrected chi connectivity index (χ0v) is 13.2. The van der Waals surface area contributed by atoms with Gasteiger partial charge in [0.15, 0.2) is 0 Å². The smallest absolute Gasteiger partial charge is 0.00268 e. The van der Waals surface area contributed by atoms with Gasteiger partial charge in [0.25, 0.3) is 0 Å². The van der Waals surface area contributed by atoms with Gasteiger partial charge in [-0.15, -0.1) is 0 Å². The van der Waals surface area contributed by atoms with E-state index >= 15 is 0 Å². The fourth-order valence-corrected chi connectivity index (χ4v) is 3.20. The highest BCUT2D eigenvalue weighted by atomic mass is 14.1. The first-order chi connectivity index (χ1) is 11.3. The van der Waals surface area contributed by atoms with Crippen molar-refractivity contribution in [1.29, 1.82) is 0 Å². The highest BCUT2D eigenvalue weighted by molar-refractivity contribution is 6.22. The summed E-state index contributed by atoms with van der Waals surface area (Å²) >= 11 is 0. The van der Waals surface area contributed by atoms with Gasteiger partial charge in [-0.25, -0.2) is 0 Å². The molecule has 0 radical (unpaired) electrons. The Bertz CT molecular complexity index is 929. The molecule has 0 saturated carbocycles. The molecule has 0 spiro atoms. The van der Waals surface area contributed by atoms with Gasteiger partial charge in [0.1, 0.15) is 0 Å². The molecule has 0 heterocycles. The fourth-order valence-electron chi connectivity index (χ4n) is 3.20. The van der Waals surface area contributed by atoms with Crippen molar-refractivity contribution in [2.75, 3.05) is 0 Å². The Kier molecular flexibility index (Phi) is 3.44. The molecule has 5 aromatic carbocycles. The van der Waals surface area contributed by atoms with Gasteiger partial charge in [-0.3, -0.25) is 0 Å². The molecule has 0 nitrogen and oxygen atoms in total. The number of rotatable bonds is 0. The van der Waals surface area contributed by atoms with Crippen molar-refractivity contribution in [3.8, 4) is 0 Å². The van der Waals surface area contributed by atoms with E-state index in [1.165, 1.54) is 37.9 Å². The maximum Gasteiger partial charge on any atom is -0.00268 e. The normalized spacial score (nSPS) is 10.8. The second kappa shape index (κ2) is 5.73. The van der Waals surface area contributed by atoms with Crippen molar-refractivity contribution in [3.05, 3.63) is 96.6 Å². The maximum absolute atomic E-state index is 2.21. The Balaban J connectivity index is 0.000000164. The van der Waals surface area contributed by atoms with Crippen LogP contribution in [0, 0.1) is 6.92 Å². The van der Waals surface area contributed by atoms with Crippen LogP contribution in [0.2, 0.25) is 0 Å². The third-order valence-electron chi connectivity index (χ3n) is 4.33. The summed E-state index contributed by atoms with van der Waals surface area (Å²) in [7, 11) is 0. The van der Waals surface area contributed by atoms with Crippen LogP contribution in [0.15, 0.2) is 91.0 Å². The predicted octanol–water partition coefficient (Wildman–Crippen LogP) is 6.58. The van der Waals surface area contributed by atoms with E-state index in [0.717, 1.165) is 0 Å². The van der Waals surface area contributed by atoms with Crippen LogP contribution in [0.25, 0.3) is 32.3 Å². The summed E-state index contributed by atoms with van der Waals surface area (Å²) in [4.78, 5) is 0. The van der Waals surface area contributed by atoms with Gasteiger partial charge in [0, 0.05) is 0 Å². The van der Waals surface area contributed by atoms with Crippen molar-refractivity contribution in [1.82, 2.24) is 0 Å². The molecule has 0 amide bonds. The van der Waals surface area contributed by atoms with E-state index in [1.807, 2.05) is 18.2 Å². The van der Waals surface area contributed by atoms with Crippen LogP contribution >= 0.6 is 0 Å². The minimum atomic E-state index is 1.32. The highest BCUT2D eigenvalue weighted by Crippen LogP contribution is 2.33. The molecule has 0 aromatic heterocycles. The third-order valence-corrected chi connectivity index (χ3v) is 4.33. The van der Waals surface area contributed by atoms with Crippen LogP contribution in [0.1, 0.15) is 5.56 Å². The molecule has 110 valence electrons. The first-order valence-corrected chi connectivity index (χ1v) is 7.97. The zero-order valence-electron chi connectivity index (χ0n) is 13.2. The van der Waals surface area contributed by atoms with Gasteiger partial charge in [0.2, 0.25) is 0 Å². The second-order valence-corrected chi connectivity index (χ2v) is 5.94. The highest BCUT2D eigenvalue weighted by Gasteiger charge is 2.05. The van der Waals surface area contributed by atoms with Crippen molar-refractivity contribution in [2.45, 2.75) is 6.92 Å². The van der Waals surface area contributed by atoms with Crippen LogP contribution in [0.5, 0.6) is 0 Å². The molecule has 0 heteroatoms. The summed E-state index contributed by atoms with van der Waals surface area (Å²) in [5, 5.41) is 8.14. The van der Waals surface area contributed by atoms with E-state index in [9.17, 15) is 0 Å². The van der Waals surface area contributed by atoms with Crippen LogP contribution in [0.3, 0.4) is 0 Å². The Hall–Kier alpha value is -2.86. The summed E-state index contributed by atoms with van der Waals surface area (Å²) in [5.41, 5.74) is 1.32. The van der Waals surface area contributed by atoms with Gasteiger partial charge >= 0.3 is 0 Å². The van der Waals surface area contributed by atoms with E-state index in [1.54, 1.807) is 0 Å². The van der Waals surface area contributed by atoms with E-state index in [0.29, 0.717) is 0 Å². The number of hydrogen-bond acceptors (Lipinski definition) is 0. The molecule has 0 N–H and O–H groups in total. The van der Waals surface area contributed by atoms with Gasteiger partial charge in [-0.1, -0.05) is 96.6 Å². The molecule has 5 rings (SSSR count). The molecule has 0 aliphatic heterocycles. The van der Waals surface area contributed by atoms with Crippen molar-refractivity contribution < 1.29 is 0 Å². The van der Waals surface area contributed by atoms with E-state index < -0.39 is 0 Å². The van der Waals surface area contributed by atoms with E-state index in [2.05, 4.69) is 79.7 Å². The SMILES string of the molecule is Cc1ccccc1.c1cc2ccc3cccc4ccc(c1)c2c34. The van der Waals surface area contributed by atoms with Crippen LogP contribution in [-0.4, -0.2) is 0 Å². The van der Waals surface area contributed by atoms with Gasteiger partial charge in [-0.05, 0) is 39.2 Å². The average molecular weight is 294 g/mol. The lowest BCUT2D eigenvalue weighted by atomic mass is 9.95. The summed E-state index contributed by atoms with van der Waals surface area (Å²) < 4.78 is 0. The number of aryl methyl sites for hydroxylation is 1. The Labute approximate surface area is 136 Å². The molecule has 0 saturated heterocycles. The quantitative estimate of drug-likeness (QED) is 0.283. The minimum absolute atomic E-state index is 1.32. The average Bonchev–Trinajstić information content (AvgIpc) is 2.61. The monoisotopic (exact) mass is 294 g/mol. The molecule has 0 unspecified atom stereocenters. The van der Waals surface area contributed by atoms with Crippen molar-refractivity contribution >= 4 is 32.3 Å². The maximum atomic E-state index is 2.21. The first kappa shape index (κ1) is 13.8. The standard InChI is InChI=1S/C16H10.C7H8/c1-3-11-7-9-13-5-2-6-14-10-8-12(4-1)15(11)16(13)14;1-7-5-3-2-4-6-7/h1-10H;2-6H,1H3. The molecular weight excluding hydrogens is 276 g/mol. The third kappa shape index (κ3) is 2.53. The Morgan fingerprint density at radius 3 is 1.09 bits per heavy atom. The van der Waals surface area contributed by atoms with Crippen LogP contribution < -0.4 is 0 Å². The fraction of sp³-hybridized carbons (Fsp3) is 0.0435. The van der Waals surface area contributed by atoms with E-state index in [-0.39, 0.29) is 0 Å². The zero-order chi connectivity index (χ0) is 15.6. The molecule has 0 bridgehead atoms. The molecule has 0 aliphatic carbocycles. The lowest BCUT2D eigenvalue weighted by molar-refractivity contribution is 1.48. The van der Waals surface area contributed by atoms with Gasteiger partial charge < -0.3 is 0 Å². The lowest BCUT2D eigenvalue weighted by Crippen LogP contribution is -1.82. The second-order valence-electron chi connectivity index (χ2n) is 5.94. The molecule has 0 atom stereocenters. The number of benzene rings is 5. The van der Waals surface area contributed by atoms with Crippen LogP contribution in [-0.2, 0) is 0 Å². The lowest BCUT2D eigenvalue weighted by Gasteiger charge is -2.09. The largest absolute Gasteiger partial charge is 0.0622 e. The predicted molar refractivity (Wildman–Crippen MR) is 101 cm³/mol. The molecular formula is C23H18. The molecule has 0 fully saturated rings. The summed E-state index contributed by atoms with van der Waals surface area (Å²) in [6.45, 7) is 2.08. The molecule has 23 heavy (non-hydrogen) atoms. The van der Waals surface area contributed by atoms with Gasteiger partial charge in [0.05, 0.1) is 0 Å². The van der Waals surface area contributed by atoms with Gasteiger partial charge in [-0.2, -0.15) is 0 Å². The molecule has 5 aromatic rings. The van der Waals surface area contributed by atoms with E-state index in [4.69, 9.17) is 0 Å². The number of hydrogen-bond donors (Lipinski definition) is 0. The molecule has 0 aliphatic rings.